The van der Waals surface area contributed by atoms with Gasteiger partial charge in [-0.1, -0.05) is 0 Å². The Morgan fingerprint density at radius 2 is 2.32 bits per heavy atom. The Labute approximate surface area is 114 Å². The number of rotatable bonds is 5. The lowest BCUT2D eigenvalue weighted by Crippen LogP contribution is -2.01. The number of halogens is 1. The summed E-state index contributed by atoms with van der Waals surface area (Å²) in [4.78, 5) is 11.2. The highest BCUT2D eigenvalue weighted by Gasteiger charge is 2.08. The van der Waals surface area contributed by atoms with Gasteiger partial charge in [0.1, 0.15) is 5.82 Å². The summed E-state index contributed by atoms with van der Waals surface area (Å²) < 4.78 is 15.3. The van der Waals surface area contributed by atoms with Crippen LogP contribution in [-0.4, -0.2) is 26.6 Å². The fourth-order valence-electron chi connectivity index (χ4n) is 1.59. The van der Waals surface area contributed by atoms with Crippen molar-refractivity contribution in [2.24, 2.45) is 0 Å². The lowest BCUT2D eigenvalue weighted by Gasteiger charge is -2.05. The fraction of sp³-hybridized carbons (Fsp3) is 0.231. The van der Waals surface area contributed by atoms with Crippen molar-refractivity contribution in [3.05, 3.63) is 47.5 Å². The van der Waals surface area contributed by atoms with E-state index in [-0.39, 0.29) is 5.56 Å². The molecule has 2 rings (SSSR count). The Kier molecular flexibility index (Phi) is 4.21. The second-order valence-corrected chi connectivity index (χ2v) is 5.22. The maximum absolute atomic E-state index is 13.5. The highest BCUT2D eigenvalue weighted by molar-refractivity contribution is 7.99. The molecule has 0 bridgehead atoms. The molecule has 2 aromatic rings. The molecule has 0 unspecified atom stereocenters. The smallest absolute Gasteiger partial charge is 0.335 e. The maximum Gasteiger partial charge on any atom is 0.335 e. The number of nitrogens with zero attached hydrogens (tertiary/aromatic N) is 2. The van der Waals surface area contributed by atoms with Crippen molar-refractivity contribution in [3.8, 4) is 0 Å². The number of thioether (sulfide) groups is 1. The number of aryl methyl sites for hydroxylation is 2. The van der Waals surface area contributed by atoms with Crippen molar-refractivity contribution in [2.75, 3.05) is 5.75 Å². The van der Waals surface area contributed by atoms with Gasteiger partial charge in [-0.2, -0.15) is 5.10 Å². The molecule has 0 fully saturated rings. The van der Waals surface area contributed by atoms with Crippen LogP contribution < -0.4 is 0 Å². The van der Waals surface area contributed by atoms with E-state index in [1.54, 1.807) is 10.9 Å². The molecule has 0 aliphatic rings. The molecule has 0 radical (unpaired) electrons. The van der Waals surface area contributed by atoms with Crippen LogP contribution >= 0.6 is 11.8 Å². The van der Waals surface area contributed by atoms with Gasteiger partial charge in [-0.25, -0.2) is 9.18 Å². The Bertz CT molecular complexity index is 598. The van der Waals surface area contributed by atoms with Crippen molar-refractivity contribution < 1.29 is 14.3 Å². The molecule has 0 saturated carbocycles. The van der Waals surface area contributed by atoms with Gasteiger partial charge >= 0.3 is 5.97 Å². The van der Waals surface area contributed by atoms with Crippen molar-refractivity contribution >= 4 is 17.7 Å². The Morgan fingerprint density at radius 3 is 2.95 bits per heavy atom. The molecule has 0 saturated heterocycles. The first-order chi connectivity index (χ1) is 9.06. The highest BCUT2D eigenvalue weighted by Crippen LogP contribution is 2.23. The molecule has 6 heteroatoms. The Hall–Kier alpha value is -1.82. The largest absolute Gasteiger partial charge is 0.478 e. The average molecular weight is 280 g/mol. The van der Waals surface area contributed by atoms with Crippen molar-refractivity contribution in [1.29, 1.82) is 0 Å². The normalized spacial score (nSPS) is 10.6. The van der Waals surface area contributed by atoms with E-state index < -0.39 is 11.8 Å². The third-order valence-electron chi connectivity index (χ3n) is 2.52. The monoisotopic (exact) mass is 280 g/mol. The first-order valence-electron chi connectivity index (χ1n) is 5.71. The third-order valence-corrected chi connectivity index (χ3v) is 3.53. The van der Waals surface area contributed by atoms with E-state index in [0.717, 1.165) is 5.56 Å². The molecule has 100 valence electrons. The van der Waals surface area contributed by atoms with E-state index in [4.69, 9.17) is 5.11 Å². The number of carbonyl (C=O) groups is 1. The van der Waals surface area contributed by atoms with Gasteiger partial charge in [-0.15, -0.1) is 11.8 Å². The number of benzene rings is 1. The predicted octanol–water partition coefficient (Wildman–Crippen LogP) is 2.82. The van der Waals surface area contributed by atoms with E-state index in [2.05, 4.69) is 5.10 Å². The summed E-state index contributed by atoms with van der Waals surface area (Å²) >= 11 is 1.28. The van der Waals surface area contributed by atoms with E-state index in [1.807, 2.05) is 13.1 Å². The van der Waals surface area contributed by atoms with Crippen molar-refractivity contribution in [3.63, 3.8) is 0 Å². The number of hydrogen-bond donors (Lipinski definition) is 1. The van der Waals surface area contributed by atoms with E-state index in [1.165, 1.54) is 30.0 Å². The lowest BCUT2D eigenvalue weighted by atomic mass is 10.2. The summed E-state index contributed by atoms with van der Waals surface area (Å²) in [6, 6.07) is 3.80. The molecule has 0 aliphatic carbocycles. The molecule has 0 amide bonds. The van der Waals surface area contributed by atoms with Crippen LogP contribution in [0.4, 0.5) is 4.39 Å². The van der Waals surface area contributed by atoms with Gasteiger partial charge in [0.25, 0.3) is 0 Å². The molecule has 0 spiro atoms. The van der Waals surface area contributed by atoms with Gasteiger partial charge in [-0.05, 0) is 30.7 Å². The van der Waals surface area contributed by atoms with Crippen LogP contribution in [0.3, 0.4) is 0 Å². The highest BCUT2D eigenvalue weighted by atomic mass is 32.2. The van der Waals surface area contributed by atoms with Crippen molar-refractivity contribution in [1.82, 2.24) is 9.78 Å². The van der Waals surface area contributed by atoms with Crippen LogP contribution in [0.2, 0.25) is 0 Å². The molecule has 1 aromatic heterocycles. The molecule has 1 aromatic carbocycles. The molecule has 4 nitrogen and oxygen atoms in total. The average Bonchev–Trinajstić information content (AvgIpc) is 2.77. The Morgan fingerprint density at radius 1 is 1.53 bits per heavy atom. The van der Waals surface area contributed by atoms with Gasteiger partial charge in [0.15, 0.2) is 0 Å². The number of hydrogen-bond acceptors (Lipinski definition) is 3. The van der Waals surface area contributed by atoms with Crippen molar-refractivity contribution in [2.45, 2.75) is 18.4 Å². The van der Waals surface area contributed by atoms with Gasteiger partial charge in [0, 0.05) is 16.8 Å². The van der Waals surface area contributed by atoms with Crippen LogP contribution in [0.1, 0.15) is 15.9 Å². The fourth-order valence-corrected chi connectivity index (χ4v) is 2.50. The Balaban J connectivity index is 1.99. The molecular formula is C13H13FN2O2S. The minimum Gasteiger partial charge on any atom is -0.478 e. The number of carboxylic acid groups (broad SMARTS) is 1. The topological polar surface area (TPSA) is 55.1 Å². The molecule has 19 heavy (non-hydrogen) atoms. The SMILES string of the molecule is Cc1cnn(CCSc2cc(C(=O)O)ccc2F)c1. The molecular weight excluding hydrogens is 267 g/mol. The summed E-state index contributed by atoms with van der Waals surface area (Å²) in [6.45, 7) is 2.60. The number of carboxylic acids is 1. The maximum atomic E-state index is 13.5. The first-order valence-corrected chi connectivity index (χ1v) is 6.69. The molecule has 0 aliphatic heterocycles. The van der Waals surface area contributed by atoms with E-state index in [9.17, 15) is 9.18 Å². The third kappa shape index (κ3) is 3.57. The zero-order valence-corrected chi connectivity index (χ0v) is 11.2. The zero-order valence-electron chi connectivity index (χ0n) is 10.3. The number of aromatic carboxylic acids is 1. The van der Waals surface area contributed by atoms with E-state index in [0.29, 0.717) is 17.2 Å². The summed E-state index contributed by atoms with van der Waals surface area (Å²) in [5.41, 5.74) is 1.17. The lowest BCUT2D eigenvalue weighted by molar-refractivity contribution is 0.0696. The van der Waals surface area contributed by atoms with E-state index >= 15 is 0 Å². The van der Waals surface area contributed by atoms with Crippen LogP contribution in [0.25, 0.3) is 0 Å². The molecule has 0 atom stereocenters. The quantitative estimate of drug-likeness (QED) is 0.856. The predicted molar refractivity (Wildman–Crippen MR) is 71.0 cm³/mol. The van der Waals surface area contributed by atoms with Crippen LogP contribution in [0.5, 0.6) is 0 Å². The minimum absolute atomic E-state index is 0.0961. The van der Waals surface area contributed by atoms with Gasteiger partial charge in [-0.3, -0.25) is 4.68 Å². The summed E-state index contributed by atoms with van der Waals surface area (Å²) in [5, 5.41) is 13.0. The standard InChI is InChI=1S/C13H13FN2O2S/c1-9-7-15-16(8-9)4-5-19-12-6-10(13(17)18)2-3-11(12)14/h2-3,6-8H,4-5H2,1H3,(H,17,18). The number of aromatic nitrogens is 2. The second-order valence-electron chi connectivity index (χ2n) is 4.08. The van der Waals surface area contributed by atoms with Gasteiger partial charge < -0.3 is 5.11 Å². The van der Waals surface area contributed by atoms with Crippen LogP contribution in [-0.2, 0) is 6.54 Å². The molecule has 1 N–H and O–H groups in total. The summed E-state index contributed by atoms with van der Waals surface area (Å²) in [6.07, 6.45) is 3.67. The summed E-state index contributed by atoms with van der Waals surface area (Å²) in [5.74, 6) is -0.822. The summed E-state index contributed by atoms with van der Waals surface area (Å²) in [7, 11) is 0. The van der Waals surface area contributed by atoms with Crippen LogP contribution in [0, 0.1) is 12.7 Å². The zero-order chi connectivity index (χ0) is 13.8. The van der Waals surface area contributed by atoms with Crippen LogP contribution in [0.15, 0.2) is 35.5 Å². The minimum atomic E-state index is -1.05. The molecule has 1 heterocycles. The second kappa shape index (κ2) is 5.88. The van der Waals surface area contributed by atoms with Gasteiger partial charge in [0.2, 0.25) is 0 Å². The first kappa shape index (κ1) is 13.6. The van der Waals surface area contributed by atoms with Gasteiger partial charge in [0.05, 0.1) is 18.3 Å².